The molecule has 70 valence electrons. The van der Waals surface area contributed by atoms with E-state index >= 15 is 0 Å². The highest BCUT2D eigenvalue weighted by Crippen LogP contribution is 2.29. The van der Waals surface area contributed by atoms with Crippen molar-refractivity contribution in [3.8, 4) is 0 Å². The second kappa shape index (κ2) is 3.99. The second-order valence-electron chi connectivity index (χ2n) is 2.42. The number of amides is 2. The number of aryl methyl sites for hydroxylation is 1. The largest absolute Gasteiger partial charge is 0.325 e. The molecule has 0 aliphatic carbocycles. The Balaban J connectivity index is 2.92. The fourth-order valence-corrected chi connectivity index (χ4v) is 1.65. The zero-order valence-corrected chi connectivity index (χ0v) is 8.07. The van der Waals surface area contributed by atoms with Crippen LogP contribution in [0, 0.1) is 6.92 Å². The van der Waals surface area contributed by atoms with Crippen LogP contribution in [0.1, 0.15) is 12.6 Å². The van der Waals surface area contributed by atoms with Crippen LogP contribution in [0.4, 0.5) is 10.7 Å². The first-order valence-electron chi connectivity index (χ1n) is 3.59. The number of carbonyl (C=O) groups is 2. The Bertz CT molecular complexity index is 334. The van der Waals surface area contributed by atoms with Crippen molar-refractivity contribution in [3.05, 3.63) is 5.69 Å². The molecule has 0 saturated carbocycles. The molecule has 0 aromatic carbocycles. The third kappa shape index (κ3) is 2.25. The summed E-state index contributed by atoms with van der Waals surface area (Å²) in [7, 11) is 0. The first-order chi connectivity index (χ1) is 6.15. The van der Waals surface area contributed by atoms with E-state index in [9.17, 15) is 9.59 Å². The van der Waals surface area contributed by atoms with Gasteiger partial charge in [0.25, 0.3) is 0 Å². The van der Waals surface area contributed by atoms with Crippen LogP contribution < -0.4 is 10.6 Å². The molecule has 0 saturated heterocycles. The third-order valence-electron chi connectivity index (χ3n) is 1.36. The molecule has 0 fully saturated rings. The van der Waals surface area contributed by atoms with Gasteiger partial charge < -0.3 is 10.6 Å². The van der Waals surface area contributed by atoms with E-state index in [1.54, 1.807) is 6.92 Å². The lowest BCUT2D eigenvalue weighted by Gasteiger charge is -2.01. The van der Waals surface area contributed by atoms with Crippen molar-refractivity contribution >= 4 is 34.5 Å². The minimum Gasteiger partial charge on any atom is -0.325 e. The van der Waals surface area contributed by atoms with E-state index in [0.717, 1.165) is 11.5 Å². The highest BCUT2D eigenvalue weighted by atomic mass is 32.1. The number of nitrogens with zero attached hydrogens (tertiary/aromatic N) is 1. The number of nitrogens with one attached hydrogen (secondary N) is 2. The summed E-state index contributed by atoms with van der Waals surface area (Å²) in [5.41, 5.74) is 1.26. The molecule has 1 rings (SSSR count). The van der Waals surface area contributed by atoms with Crippen molar-refractivity contribution in [2.45, 2.75) is 13.8 Å². The van der Waals surface area contributed by atoms with Gasteiger partial charge in [-0.05, 0) is 18.5 Å². The van der Waals surface area contributed by atoms with Gasteiger partial charge in [-0.2, -0.15) is 4.37 Å². The van der Waals surface area contributed by atoms with Crippen LogP contribution in [-0.4, -0.2) is 16.7 Å². The summed E-state index contributed by atoms with van der Waals surface area (Å²) in [6.07, 6.45) is 0.558. The van der Waals surface area contributed by atoms with Crippen LogP contribution >= 0.6 is 11.5 Å². The van der Waals surface area contributed by atoms with Crippen molar-refractivity contribution in [2.75, 3.05) is 10.6 Å². The molecule has 2 amide bonds. The number of hydrogen-bond donors (Lipinski definition) is 2. The summed E-state index contributed by atoms with van der Waals surface area (Å²) in [5, 5.41) is 5.62. The SMILES string of the molecule is CC(=O)Nc1snc(C)c1NC=O. The van der Waals surface area contributed by atoms with Gasteiger partial charge in [-0.15, -0.1) is 0 Å². The highest BCUT2D eigenvalue weighted by Gasteiger charge is 2.10. The van der Waals surface area contributed by atoms with E-state index in [0.29, 0.717) is 22.8 Å². The second-order valence-corrected chi connectivity index (χ2v) is 3.19. The first-order valence-corrected chi connectivity index (χ1v) is 4.36. The van der Waals surface area contributed by atoms with Crippen LogP contribution in [-0.2, 0) is 9.59 Å². The molecule has 5 nitrogen and oxygen atoms in total. The van der Waals surface area contributed by atoms with Gasteiger partial charge in [0.15, 0.2) is 0 Å². The average Bonchev–Trinajstić information content (AvgIpc) is 2.35. The van der Waals surface area contributed by atoms with E-state index in [1.165, 1.54) is 6.92 Å². The lowest BCUT2D eigenvalue weighted by molar-refractivity contribution is -0.114. The summed E-state index contributed by atoms with van der Waals surface area (Å²) in [6, 6.07) is 0. The predicted molar refractivity (Wildman–Crippen MR) is 50.8 cm³/mol. The first kappa shape index (κ1) is 9.66. The molecule has 0 bridgehead atoms. The van der Waals surface area contributed by atoms with Gasteiger partial charge >= 0.3 is 0 Å². The molecular formula is C7H9N3O2S. The third-order valence-corrected chi connectivity index (χ3v) is 2.21. The molecule has 1 aromatic rings. The molecule has 0 aliphatic rings. The molecule has 13 heavy (non-hydrogen) atoms. The molecule has 0 radical (unpaired) electrons. The van der Waals surface area contributed by atoms with Crippen LogP contribution in [0.25, 0.3) is 0 Å². The molecule has 1 heterocycles. The van der Waals surface area contributed by atoms with Crippen molar-refractivity contribution in [2.24, 2.45) is 0 Å². The Kier molecular flexibility index (Phi) is 2.97. The molecule has 2 N–H and O–H groups in total. The highest BCUT2D eigenvalue weighted by molar-refractivity contribution is 7.11. The number of anilines is 2. The van der Waals surface area contributed by atoms with E-state index in [-0.39, 0.29) is 5.91 Å². The molecule has 0 aliphatic heterocycles. The minimum atomic E-state index is -0.183. The van der Waals surface area contributed by atoms with Crippen molar-refractivity contribution in [3.63, 3.8) is 0 Å². The van der Waals surface area contributed by atoms with Gasteiger partial charge in [0, 0.05) is 6.92 Å². The molecule has 6 heteroatoms. The van der Waals surface area contributed by atoms with Gasteiger partial charge in [0.2, 0.25) is 12.3 Å². The van der Waals surface area contributed by atoms with Crippen LogP contribution in [0.3, 0.4) is 0 Å². The normalized spacial score (nSPS) is 9.38. The van der Waals surface area contributed by atoms with E-state index < -0.39 is 0 Å². The Labute approximate surface area is 79.3 Å². The minimum absolute atomic E-state index is 0.183. The summed E-state index contributed by atoms with van der Waals surface area (Å²) in [4.78, 5) is 20.9. The topological polar surface area (TPSA) is 71.1 Å². The van der Waals surface area contributed by atoms with Gasteiger partial charge in [0.1, 0.15) is 5.00 Å². The van der Waals surface area contributed by atoms with E-state index in [4.69, 9.17) is 0 Å². The fraction of sp³-hybridized carbons (Fsp3) is 0.286. The molecule has 0 spiro atoms. The predicted octanol–water partition coefficient (Wildman–Crippen LogP) is 0.978. The van der Waals surface area contributed by atoms with Gasteiger partial charge in [-0.1, -0.05) is 0 Å². The van der Waals surface area contributed by atoms with Crippen molar-refractivity contribution < 1.29 is 9.59 Å². The maximum absolute atomic E-state index is 10.7. The van der Waals surface area contributed by atoms with Crippen molar-refractivity contribution in [1.29, 1.82) is 0 Å². The van der Waals surface area contributed by atoms with Crippen LogP contribution in [0.2, 0.25) is 0 Å². The van der Waals surface area contributed by atoms with E-state index in [2.05, 4.69) is 15.0 Å². The molecular weight excluding hydrogens is 190 g/mol. The standard InChI is InChI=1S/C7H9N3O2S/c1-4-6(8-3-11)7(13-10-4)9-5(2)12/h3H,1-2H3,(H,8,11)(H,9,12). The van der Waals surface area contributed by atoms with Gasteiger partial charge in [-0.25, -0.2) is 0 Å². The monoisotopic (exact) mass is 199 g/mol. The number of hydrogen-bond acceptors (Lipinski definition) is 4. The van der Waals surface area contributed by atoms with Crippen LogP contribution in [0.5, 0.6) is 0 Å². The summed E-state index contributed by atoms with van der Waals surface area (Å²) < 4.78 is 3.99. The molecule has 1 aromatic heterocycles. The Morgan fingerprint density at radius 1 is 1.62 bits per heavy atom. The summed E-state index contributed by atoms with van der Waals surface area (Å²) in [6.45, 7) is 3.16. The smallest absolute Gasteiger partial charge is 0.221 e. The number of aromatic nitrogens is 1. The Morgan fingerprint density at radius 2 is 2.31 bits per heavy atom. The Hall–Kier alpha value is -1.43. The van der Waals surface area contributed by atoms with Gasteiger partial charge in [0.05, 0.1) is 11.4 Å². The number of carbonyl (C=O) groups excluding carboxylic acids is 2. The van der Waals surface area contributed by atoms with Crippen LogP contribution in [0.15, 0.2) is 0 Å². The average molecular weight is 199 g/mol. The zero-order chi connectivity index (χ0) is 9.84. The lowest BCUT2D eigenvalue weighted by Crippen LogP contribution is -2.06. The van der Waals surface area contributed by atoms with Crippen molar-refractivity contribution in [1.82, 2.24) is 4.37 Å². The fourth-order valence-electron chi connectivity index (χ4n) is 0.844. The summed E-state index contributed by atoms with van der Waals surface area (Å²) >= 11 is 1.14. The zero-order valence-electron chi connectivity index (χ0n) is 7.25. The quantitative estimate of drug-likeness (QED) is 0.713. The maximum atomic E-state index is 10.7. The van der Waals surface area contributed by atoms with Gasteiger partial charge in [-0.3, -0.25) is 9.59 Å². The maximum Gasteiger partial charge on any atom is 0.221 e. The molecule has 0 atom stereocenters. The lowest BCUT2D eigenvalue weighted by atomic mass is 10.4. The van der Waals surface area contributed by atoms with E-state index in [1.807, 2.05) is 0 Å². The Morgan fingerprint density at radius 3 is 2.85 bits per heavy atom. The molecule has 0 unspecified atom stereocenters. The summed E-state index contributed by atoms with van der Waals surface area (Å²) in [5.74, 6) is -0.183. The number of rotatable bonds is 3.